The zero-order valence-corrected chi connectivity index (χ0v) is 20.1. The number of thiazole rings is 1. The molecule has 0 radical (unpaired) electrons. The number of ether oxygens (including phenoxy) is 2. The Kier molecular flexibility index (Phi) is 8.21. The van der Waals surface area contributed by atoms with E-state index in [2.05, 4.69) is 30.0 Å². The lowest BCUT2D eigenvalue weighted by atomic mass is 10.1. The van der Waals surface area contributed by atoms with Gasteiger partial charge in [0.15, 0.2) is 5.13 Å². The number of piperidine rings is 1. The molecule has 0 spiro atoms. The van der Waals surface area contributed by atoms with Crippen LogP contribution in [-0.4, -0.2) is 31.3 Å². The van der Waals surface area contributed by atoms with Gasteiger partial charge in [-0.25, -0.2) is 4.98 Å². The van der Waals surface area contributed by atoms with Crippen LogP contribution in [0.3, 0.4) is 0 Å². The van der Waals surface area contributed by atoms with E-state index in [0.29, 0.717) is 18.8 Å². The van der Waals surface area contributed by atoms with Gasteiger partial charge in [0.05, 0.1) is 30.5 Å². The van der Waals surface area contributed by atoms with Crippen LogP contribution >= 0.6 is 11.3 Å². The topological polar surface area (TPSA) is 58.4 Å². The summed E-state index contributed by atoms with van der Waals surface area (Å²) in [5.41, 5.74) is 2.89. The van der Waals surface area contributed by atoms with E-state index in [1.54, 1.807) is 23.5 Å². The van der Waals surface area contributed by atoms with E-state index in [1.807, 2.05) is 24.3 Å². The van der Waals surface area contributed by atoms with Gasteiger partial charge in [-0.3, -0.25) is 0 Å². The number of benzene rings is 2. The van der Waals surface area contributed by atoms with Gasteiger partial charge < -0.3 is 14.4 Å². The molecule has 6 heteroatoms. The Balaban J connectivity index is 1.17. The highest BCUT2D eigenvalue weighted by Crippen LogP contribution is 2.34. The predicted octanol–water partition coefficient (Wildman–Crippen LogP) is 6.61. The standard InChI is InChI=1S/C27H31N3O2S/c1-21-26(29-27(33-21)30-16-4-2-5-17-30)23-10-14-25(15-11-23)32-19-7-3-6-18-31-24-12-8-22(20-28)9-13-24/h8-15H,2-7,16-19H2,1H3. The van der Waals surface area contributed by atoms with Crippen LogP contribution in [0.2, 0.25) is 0 Å². The van der Waals surface area contributed by atoms with E-state index in [4.69, 9.17) is 19.7 Å². The first-order valence-corrected chi connectivity index (χ1v) is 12.6. The molecule has 5 nitrogen and oxygen atoms in total. The second-order valence-corrected chi connectivity index (χ2v) is 9.55. The molecule has 2 aromatic carbocycles. The quantitative estimate of drug-likeness (QED) is 0.318. The molecule has 0 aliphatic carbocycles. The molecule has 1 fully saturated rings. The number of unbranched alkanes of at least 4 members (excludes halogenated alkanes) is 2. The van der Waals surface area contributed by atoms with E-state index in [9.17, 15) is 0 Å². The molecule has 0 amide bonds. The van der Waals surface area contributed by atoms with Crippen LogP contribution in [0.5, 0.6) is 11.5 Å². The van der Waals surface area contributed by atoms with Gasteiger partial charge in [-0.1, -0.05) is 0 Å². The van der Waals surface area contributed by atoms with Crippen molar-refractivity contribution in [1.82, 2.24) is 4.98 Å². The van der Waals surface area contributed by atoms with E-state index in [0.717, 1.165) is 60.2 Å². The number of hydrogen-bond donors (Lipinski definition) is 0. The highest BCUT2D eigenvalue weighted by Gasteiger charge is 2.17. The highest BCUT2D eigenvalue weighted by atomic mass is 32.1. The molecule has 0 saturated carbocycles. The lowest BCUT2D eigenvalue weighted by Gasteiger charge is -2.25. The van der Waals surface area contributed by atoms with E-state index >= 15 is 0 Å². The first kappa shape index (κ1) is 23.1. The molecule has 3 aromatic rings. The van der Waals surface area contributed by atoms with Crippen molar-refractivity contribution in [3.63, 3.8) is 0 Å². The van der Waals surface area contributed by atoms with Gasteiger partial charge in [0.2, 0.25) is 0 Å². The van der Waals surface area contributed by atoms with Crippen molar-refractivity contribution in [1.29, 1.82) is 5.26 Å². The van der Waals surface area contributed by atoms with E-state index in [1.165, 1.54) is 24.1 Å². The maximum Gasteiger partial charge on any atom is 0.186 e. The van der Waals surface area contributed by atoms with Crippen molar-refractivity contribution in [3.8, 4) is 28.8 Å². The summed E-state index contributed by atoms with van der Waals surface area (Å²) in [6.07, 6.45) is 6.88. The fourth-order valence-corrected chi connectivity index (χ4v) is 4.95. The first-order chi connectivity index (χ1) is 16.2. The number of rotatable bonds is 10. The minimum atomic E-state index is 0.649. The third-order valence-electron chi connectivity index (χ3n) is 5.85. The second kappa shape index (κ2) is 11.7. The number of aromatic nitrogens is 1. The van der Waals surface area contributed by atoms with Gasteiger partial charge in [-0.15, -0.1) is 11.3 Å². The Labute approximate surface area is 200 Å². The average Bonchev–Trinajstić information content (AvgIpc) is 3.26. The molecular formula is C27H31N3O2S. The van der Waals surface area contributed by atoms with Gasteiger partial charge in [0, 0.05) is 23.5 Å². The van der Waals surface area contributed by atoms with Gasteiger partial charge >= 0.3 is 0 Å². The zero-order chi connectivity index (χ0) is 22.9. The minimum absolute atomic E-state index is 0.649. The third-order valence-corrected chi connectivity index (χ3v) is 6.88. The maximum absolute atomic E-state index is 8.82. The van der Waals surface area contributed by atoms with Gasteiger partial charge in [0.1, 0.15) is 11.5 Å². The van der Waals surface area contributed by atoms with Crippen LogP contribution < -0.4 is 14.4 Å². The van der Waals surface area contributed by atoms with Crippen molar-refractivity contribution >= 4 is 16.5 Å². The molecule has 0 bridgehead atoms. The van der Waals surface area contributed by atoms with Gasteiger partial charge in [-0.2, -0.15) is 5.26 Å². The number of nitrogens with zero attached hydrogens (tertiary/aromatic N) is 3. The number of anilines is 1. The smallest absolute Gasteiger partial charge is 0.186 e. The molecule has 33 heavy (non-hydrogen) atoms. The third kappa shape index (κ3) is 6.49. The molecule has 172 valence electrons. The summed E-state index contributed by atoms with van der Waals surface area (Å²) < 4.78 is 11.6. The average molecular weight is 462 g/mol. The molecule has 1 aliphatic heterocycles. The van der Waals surface area contributed by atoms with Crippen LogP contribution in [0.25, 0.3) is 11.3 Å². The molecular weight excluding hydrogens is 430 g/mol. The van der Waals surface area contributed by atoms with E-state index < -0.39 is 0 Å². The fourth-order valence-electron chi connectivity index (χ4n) is 3.97. The van der Waals surface area contributed by atoms with Crippen molar-refractivity contribution in [2.75, 3.05) is 31.2 Å². The second-order valence-electron chi connectivity index (χ2n) is 8.37. The Hall–Kier alpha value is -3.04. The number of aryl methyl sites for hydroxylation is 1. The monoisotopic (exact) mass is 461 g/mol. The van der Waals surface area contributed by atoms with Crippen molar-refractivity contribution < 1.29 is 9.47 Å². The molecule has 0 N–H and O–H groups in total. The Morgan fingerprint density at radius 3 is 2.09 bits per heavy atom. The van der Waals surface area contributed by atoms with Gasteiger partial charge in [0.25, 0.3) is 0 Å². The minimum Gasteiger partial charge on any atom is -0.494 e. The summed E-state index contributed by atoms with van der Waals surface area (Å²) in [6.45, 7) is 5.79. The maximum atomic E-state index is 8.82. The van der Waals surface area contributed by atoms with Crippen molar-refractivity contribution in [3.05, 3.63) is 59.0 Å². The van der Waals surface area contributed by atoms with Crippen LogP contribution in [-0.2, 0) is 0 Å². The summed E-state index contributed by atoms with van der Waals surface area (Å²) in [7, 11) is 0. The summed E-state index contributed by atoms with van der Waals surface area (Å²) in [5.74, 6) is 1.71. The first-order valence-electron chi connectivity index (χ1n) is 11.8. The molecule has 1 saturated heterocycles. The number of hydrogen-bond acceptors (Lipinski definition) is 6. The predicted molar refractivity (Wildman–Crippen MR) is 134 cm³/mol. The summed E-state index contributed by atoms with van der Waals surface area (Å²) in [6, 6.07) is 17.7. The van der Waals surface area contributed by atoms with E-state index in [-0.39, 0.29) is 0 Å². The molecule has 4 rings (SSSR count). The van der Waals surface area contributed by atoms with Crippen LogP contribution in [0.4, 0.5) is 5.13 Å². The largest absolute Gasteiger partial charge is 0.494 e. The van der Waals surface area contributed by atoms with Crippen molar-refractivity contribution in [2.24, 2.45) is 0 Å². The summed E-state index contributed by atoms with van der Waals surface area (Å²) >= 11 is 1.80. The van der Waals surface area contributed by atoms with Crippen LogP contribution in [0.15, 0.2) is 48.5 Å². The zero-order valence-electron chi connectivity index (χ0n) is 19.3. The Morgan fingerprint density at radius 1 is 0.879 bits per heavy atom. The summed E-state index contributed by atoms with van der Waals surface area (Å²) in [5, 5.41) is 9.98. The molecule has 0 atom stereocenters. The van der Waals surface area contributed by atoms with Crippen LogP contribution in [0, 0.1) is 18.3 Å². The Bertz CT molecular complexity index is 1050. The van der Waals surface area contributed by atoms with Crippen LogP contribution in [0.1, 0.15) is 49.0 Å². The normalized spacial score (nSPS) is 13.5. The lowest BCUT2D eigenvalue weighted by molar-refractivity contribution is 0.279. The van der Waals surface area contributed by atoms with Gasteiger partial charge in [-0.05, 0) is 94.0 Å². The van der Waals surface area contributed by atoms with Crippen molar-refractivity contribution in [2.45, 2.75) is 45.4 Å². The lowest BCUT2D eigenvalue weighted by Crippen LogP contribution is -2.29. The highest BCUT2D eigenvalue weighted by molar-refractivity contribution is 7.16. The molecule has 1 aromatic heterocycles. The fraction of sp³-hybridized carbons (Fsp3) is 0.407. The molecule has 2 heterocycles. The Morgan fingerprint density at radius 2 is 1.48 bits per heavy atom. The molecule has 0 unspecified atom stereocenters. The summed E-state index contributed by atoms with van der Waals surface area (Å²) in [4.78, 5) is 8.64. The SMILES string of the molecule is Cc1sc(N2CCCCC2)nc1-c1ccc(OCCCCCOc2ccc(C#N)cc2)cc1. The number of nitriles is 1. The molecule has 1 aliphatic rings.